The van der Waals surface area contributed by atoms with E-state index in [9.17, 15) is 39.5 Å². The smallest absolute Gasteiger partial charge is 0.344 e. The number of pyridine rings is 1. The molecule has 0 radical (unpaired) electrons. The van der Waals surface area contributed by atoms with Crippen molar-refractivity contribution in [2.24, 2.45) is 0 Å². The number of aliphatic carboxylic acids is 1. The average molecular weight is 437 g/mol. The molecule has 6 N–H and O–H groups in total. The summed E-state index contributed by atoms with van der Waals surface area (Å²) >= 11 is 0. The first-order chi connectivity index (χ1) is 14.4. The quantitative estimate of drug-likeness (QED) is 0.285. The van der Waals surface area contributed by atoms with Crippen molar-refractivity contribution in [3.8, 4) is 22.6 Å². The van der Waals surface area contributed by atoms with Gasteiger partial charge in [0.15, 0.2) is 17.6 Å². The molecule has 1 aromatic heterocycles. The number of non-ortho nitro benzene ring substituents is 1. The van der Waals surface area contributed by atoms with Crippen LogP contribution in [0.1, 0.15) is 27.6 Å². The van der Waals surface area contributed by atoms with E-state index < -0.39 is 79.8 Å². The van der Waals surface area contributed by atoms with Gasteiger partial charge >= 0.3 is 17.9 Å². The van der Waals surface area contributed by atoms with Gasteiger partial charge in [0.1, 0.15) is 16.9 Å². The lowest BCUT2D eigenvalue weighted by molar-refractivity contribution is -0.384. The van der Waals surface area contributed by atoms with Crippen molar-refractivity contribution in [2.75, 3.05) is 12.8 Å². The van der Waals surface area contributed by atoms with E-state index in [1.54, 1.807) is 0 Å². The maximum absolute atomic E-state index is 12.3. The third-order valence-corrected chi connectivity index (χ3v) is 4.05. The number of nitro groups is 1. The zero-order valence-corrected chi connectivity index (χ0v) is 15.9. The van der Waals surface area contributed by atoms with E-state index in [0.29, 0.717) is 0 Å². The van der Waals surface area contributed by atoms with Gasteiger partial charge in [-0.25, -0.2) is 14.4 Å². The van der Waals surface area contributed by atoms with Crippen LogP contribution in [0.3, 0.4) is 0 Å². The first-order valence-corrected chi connectivity index (χ1v) is 8.19. The summed E-state index contributed by atoms with van der Waals surface area (Å²) in [6, 6.07) is 1.57. The molecule has 2 aromatic rings. The van der Waals surface area contributed by atoms with Crippen molar-refractivity contribution in [1.82, 2.24) is 4.98 Å². The molecule has 0 aliphatic heterocycles. The number of nitrogens with two attached hydrogens (primary N) is 1. The number of nitrogens with one attached hydrogen (secondary N) is 1. The molecule has 0 aliphatic rings. The number of aromatic nitrogens is 1. The van der Waals surface area contributed by atoms with Crippen molar-refractivity contribution < 1.29 is 44.1 Å². The maximum Gasteiger partial charge on any atom is 0.344 e. The Hall–Kier alpha value is -4.62. The molecule has 0 saturated carbocycles. The second-order valence-electron chi connectivity index (χ2n) is 5.98. The summed E-state index contributed by atoms with van der Waals surface area (Å²) in [5.74, 6) is -6.80. The first kappa shape index (κ1) is 22.7. The second-order valence-corrected chi connectivity index (χ2v) is 5.98. The lowest BCUT2D eigenvalue weighted by Gasteiger charge is -2.20. The molecule has 2 rings (SSSR count). The first-order valence-electron chi connectivity index (χ1n) is 8.19. The number of anilines is 1. The number of nitrogens with zero attached hydrogens (tertiary/aromatic N) is 1. The van der Waals surface area contributed by atoms with Crippen LogP contribution in [0, 0.1) is 10.1 Å². The summed E-state index contributed by atoms with van der Waals surface area (Å²) in [5, 5.41) is 39.6. The molecule has 31 heavy (non-hydrogen) atoms. The van der Waals surface area contributed by atoms with E-state index >= 15 is 0 Å². The van der Waals surface area contributed by atoms with E-state index in [-0.39, 0.29) is 0 Å². The van der Waals surface area contributed by atoms with E-state index in [1.165, 1.54) is 0 Å². The molecule has 0 spiro atoms. The fourth-order valence-corrected chi connectivity index (χ4v) is 2.70. The highest BCUT2D eigenvalue weighted by Gasteiger charge is 2.32. The summed E-state index contributed by atoms with van der Waals surface area (Å²) < 4.78 is 10.3. The van der Waals surface area contributed by atoms with Crippen LogP contribution in [0.15, 0.2) is 16.9 Å². The van der Waals surface area contributed by atoms with Crippen LogP contribution in [0.5, 0.6) is 11.5 Å². The molecule has 0 bridgehead atoms. The molecule has 1 unspecified atom stereocenters. The molecule has 14 heteroatoms. The average Bonchev–Trinajstić information content (AvgIpc) is 2.66. The number of rotatable bonds is 8. The van der Waals surface area contributed by atoms with Gasteiger partial charge in [0.2, 0.25) is 0 Å². The van der Waals surface area contributed by atoms with Crippen LogP contribution >= 0.6 is 0 Å². The Balaban J connectivity index is 3.14. The van der Waals surface area contributed by atoms with Crippen LogP contribution in [0.25, 0.3) is 11.1 Å². The number of carboxylic acid groups (broad SMARTS) is 3. The Bertz CT molecular complexity index is 1170. The minimum Gasteiger partial charge on any atom is -0.493 e. The van der Waals surface area contributed by atoms with Crippen molar-refractivity contribution in [2.45, 2.75) is 13.0 Å². The van der Waals surface area contributed by atoms with E-state index in [4.69, 9.17) is 20.3 Å². The van der Waals surface area contributed by atoms with Crippen molar-refractivity contribution in [3.05, 3.63) is 43.7 Å². The molecule has 0 fully saturated rings. The summed E-state index contributed by atoms with van der Waals surface area (Å²) in [5.41, 5.74) is 0.164. The molecule has 0 saturated heterocycles. The van der Waals surface area contributed by atoms with Crippen molar-refractivity contribution >= 4 is 29.4 Å². The molecular formula is C17H15N3O11. The minimum absolute atomic E-state index is 0.413. The molecule has 1 aromatic carbocycles. The number of nitro benzene ring substituents is 1. The lowest BCUT2D eigenvalue weighted by Crippen LogP contribution is -2.26. The van der Waals surface area contributed by atoms with Gasteiger partial charge in [0.05, 0.1) is 18.1 Å². The minimum atomic E-state index is -1.87. The highest BCUT2D eigenvalue weighted by Crippen LogP contribution is 2.44. The number of hydrogen-bond acceptors (Lipinski definition) is 9. The Morgan fingerprint density at radius 1 is 1.16 bits per heavy atom. The second kappa shape index (κ2) is 8.40. The Kier molecular flexibility index (Phi) is 6.14. The topological polar surface area (TPSA) is 232 Å². The number of methoxy groups -OCH3 is 1. The monoisotopic (exact) mass is 437 g/mol. The lowest BCUT2D eigenvalue weighted by atomic mass is 9.94. The third-order valence-electron chi connectivity index (χ3n) is 4.05. The number of aromatic carboxylic acids is 2. The SMILES string of the molecule is COc1cc([N+](=O)[O-])cc(-c2c(C(=O)O)c(N)[nH]c(=O)c2C(=O)O)c1OC(C)C(=O)O. The number of H-pyrrole nitrogens is 1. The van der Waals surface area contributed by atoms with E-state index in [0.717, 1.165) is 26.2 Å². The van der Waals surface area contributed by atoms with Gasteiger partial charge < -0.3 is 35.5 Å². The highest BCUT2D eigenvalue weighted by molar-refractivity contribution is 6.08. The van der Waals surface area contributed by atoms with Gasteiger partial charge in [-0.15, -0.1) is 0 Å². The fraction of sp³-hybridized carbons (Fsp3) is 0.176. The van der Waals surface area contributed by atoms with Crippen molar-refractivity contribution in [1.29, 1.82) is 0 Å². The maximum atomic E-state index is 12.3. The number of ether oxygens (including phenoxy) is 2. The van der Waals surface area contributed by atoms with Gasteiger partial charge in [-0.1, -0.05) is 0 Å². The summed E-state index contributed by atoms with van der Waals surface area (Å²) in [6.07, 6.45) is -1.57. The Labute approximate surface area is 171 Å². The van der Waals surface area contributed by atoms with Gasteiger partial charge in [-0.05, 0) is 6.92 Å². The Morgan fingerprint density at radius 3 is 2.19 bits per heavy atom. The number of benzene rings is 1. The van der Waals surface area contributed by atoms with Crippen LogP contribution in [0.2, 0.25) is 0 Å². The molecule has 1 heterocycles. The molecule has 0 amide bonds. The standard InChI is InChI=1S/C17H15N3O11/c1-5(15(22)23)31-12-7(3-6(20(28)29)4-8(12)30-2)9-10(16(24)25)13(18)19-14(21)11(9)17(26)27/h3-5H,1-2H3,(H,22,23)(H,24,25)(H,26,27)(H3,18,19,21). The fourth-order valence-electron chi connectivity index (χ4n) is 2.70. The zero-order valence-electron chi connectivity index (χ0n) is 15.9. The molecule has 0 aliphatic carbocycles. The normalized spacial score (nSPS) is 11.4. The van der Waals surface area contributed by atoms with E-state index in [1.807, 2.05) is 4.98 Å². The summed E-state index contributed by atoms with van der Waals surface area (Å²) in [6.45, 7) is 1.09. The predicted molar refractivity (Wildman–Crippen MR) is 102 cm³/mol. The largest absolute Gasteiger partial charge is 0.493 e. The molecule has 14 nitrogen and oxygen atoms in total. The van der Waals surface area contributed by atoms with Gasteiger partial charge in [-0.2, -0.15) is 0 Å². The molecular weight excluding hydrogens is 422 g/mol. The van der Waals surface area contributed by atoms with Gasteiger partial charge in [0, 0.05) is 17.2 Å². The predicted octanol–water partition coefficient (Wildman–Crippen LogP) is 0.789. The van der Waals surface area contributed by atoms with Crippen LogP contribution in [0.4, 0.5) is 11.5 Å². The zero-order chi connectivity index (χ0) is 23.6. The van der Waals surface area contributed by atoms with Crippen LogP contribution in [-0.2, 0) is 4.79 Å². The number of carbonyl (C=O) groups is 3. The molecule has 164 valence electrons. The third kappa shape index (κ3) is 4.21. The Morgan fingerprint density at radius 2 is 1.74 bits per heavy atom. The molecule has 1 atom stereocenters. The van der Waals surface area contributed by atoms with Crippen LogP contribution in [-0.4, -0.2) is 56.3 Å². The number of nitrogen functional groups attached to an aromatic ring is 1. The van der Waals surface area contributed by atoms with E-state index in [2.05, 4.69) is 0 Å². The summed E-state index contributed by atoms with van der Waals surface area (Å²) in [4.78, 5) is 59.4. The summed E-state index contributed by atoms with van der Waals surface area (Å²) in [7, 11) is 1.06. The van der Waals surface area contributed by atoms with Gasteiger partial charge in [0.25, 0.3) is 11.2 Å². The van der Waals surface area contributed by atoms with Gasteiger partial charge in [-0.3, -0.25) is 14.9 Å². The highest BCUT2D eigenvalue weighted by atomic mass is 16.6. The number of carboxylic acids is 3. The van der Waals surface area contributed by atoms with Crippen LogP contribution < -0.4 is 20.8 Å². The number of aromatic amines is 1. The number of hydrogen-bond donors (Lipinski definition) is 5. The van der Waals surface area contributed by atoms with Crippen molar-refractivity contribution in [3.63, 3.8) is 0 Å².